The minimum absolute atomic E-state index is 0.631. The standard InChI is InChI=1S/C11H16ClN5O/c1-16-9(12)6-14-10(16)7-13-5-8-4-11(18-3)17(2)15-8/h4,6,13H,5,7H2,1-3H3. The zero-order chi connectivity index (χ0) is 13.1. The van der Waals surface area contributed by atoms with E-state index in [0.29, 0.717) is 18.2 Å². The molecule has 1 N–H and O–H groups in total. The Balaban J connectivity index is 1.90. The van der Waals surface area contributed by atoms with E-state index in [-0.39, 0.29) is 0 Å². The highest BCUT2D eigenvalue weighted by molar-refractivity contribution is 6.29. The lowest BCUT2D eigenvalue weighted by molar-refractivity contribution is 0.373. The van der Waals surface area contributed by atoms with Crippen LogP contribution in [0.4, 0.5) is 0 Å². The van der Waals surface area contributed by atoms with E-state index < -0.39 is 0 Å². The SMILES string of the molecule is COc1cc(CNCc2ncc(Cl)n2C)nn1C. The normalized spacial score (nSPS) is 10.9. The number of imidazole rings is 1. The van der Waals surface area contributed by atoms with Crippen LogP contribution in [0.3, 0.4) is 0 Å². The van der Waals surface area contributed by atoms with Crippen molar-refractivity contribution in [2.45, 2.75) is 13.1 Å². The van der Waals surface area contributed by atoms with Crippen LogP contribution in [0, 0.1) is 0 Å². The van der Waals surface area contributed by atoms with E-state index in [1.165, 1.54) is 0 Å². The largest absolute Gasteiger partial charge is 0.481 e. The predicted molar refractivity (Wildman–Crippen MR) is 68.5 cm³/mol. The molecule has 0 saturated carbocycles. The topological polar surface area (TPSA) is 56.9 Å². The molecule has 0 amide bonds. The van der Waals surface area contributed by atoms with Crippen LogP contribution in [-0.2, 0) is 27.2 Å². The maximum absolute atomic E-state index is 5.91. The second-order valence-corrected chi connectivity index (χ2v) is 4.35. The summed E-state index contributed by atoms with van der Waals surface area (Å²) in [5.74, 6) is 1.63. The number of hydrogen-bond acceptors (Lipinski definition) is 4. The zero-order valence-electron chi connectivity index (χ0n) is 10.6. The molecule has 0 bridgehead atoms. The molecule has 2 aromatic rings. The third kappa shape index (κ3) is 2.65. The number of ether oxygens (including phenoxy) is 1. The molecular weight excluding hydrogens is 254 g/mol. The number of hydrogen-bond donors (Lipinski definition) is 1. The van der Waals surface area contributed by atoms with Crippen molar-refractivity contribution in [3.63, 3.8) is 0 Å². The highest BCUT2D eigenvalue weighted by Gasteiger charge is 2.06. The summed E-state index contributed by atoms with van der Waals surface area (Å²) in [6.07, 6.45) is 1.64. The Hall–Kier alpha value is -1.53. The van der Waals surface area contributed by atoms with Crippen LogP contribution < -0.4 is 10.1 Å². The molecule has 2 rings (SSSR count). The molecule has 2 aromatic heterocycles. The van der Waals surface area contributed by atoms with E-state index in [2.05, 4.69) is 15.4 Å². The molecule has 98 valence electrons. The first-order chi connectivity index (χ1) is 8.61. The molecule has 0 unspecified atom stereocenters. The molecule has 6 nitrogen and oxygen atoms in total. The van der Waals surface area contributed by atoms with Crippen LogP contribution in [0.5, 0.6) is 5.88 Å². The Morgan fingerprint density at radius 3 is 2.72 bits per heavy atom. The molecule has 0 atom stereocenters. The molecular formula is C11H16ClN5O. The number of aromatic nitrogens is 4. The number of aryl methyl sites for hydroxylation is 1. The Morgan fingerprint density at radius 1 is 1.39 bits per heavy atom. The molecule has 7 heteroatoms. The number of halogens is 1. The van der Waals surface area contributed by atoms with E-state index in [9.17, 15) is 0 Å². The maximum Gasteiger partial charge on any atom is 0.211 e. The van der Waals surface area contributed by atoms with Gasteiger partial charge in [0, 0.05) is 26.7 Å². The quantitative estimate of drug-likeness (QED) is 0.883. The smallest absolute Gasteiger partial charge is 0.211 e. The molecule has 0 radical (unpaired) electrons. The van der Waals surface area contributed by atoms with Crippen molar-refractivity contribution in [3.05, 3.63) is 28.9 Å². The van der Waals surface area contributed by atoms with Gasteiger partial charge in [0.2, 0.25) is 5.88 Å². The first-order valence-electron chi connectivity index (χ1n) is 5.55. The van der Waals surface area contributed by atoms with Gasteiger partial charge in [0.25, 0.3) is 0 Å². The Kier molecular flexibility index (Phi) is 3.88. The van der Waals surface area contributed by atoms with Crippen molar-refractivity contribution in [3.8, 4) is 5.88 Å². The van der Waals surface area contributed by atoms with Crippen LogP contribution >= 0.6 is 11.6 Å². The van der Waals surface area contributed by atoms with Gasteiger partial charge >= 0.3 is 0 Å². The lowest BCUT2D eigenvalue weighted by Gasteiger charge is -2.03. The number of rotatable bonds is 5. The molecule has 0 saturated heterocycles. The van der Waals surface area contributed by atoms with Gasteiger partial charge in [-0.3, -0.25) is 0 Å². The van der Waals surface area contributed by atoms with Crippen LogP contribution in [0.1, 0.15) is 11.5 Å². The third-order valence-electron chi connectivity index (χ3n) is 2.71. The van der Waals surface area contributed by atoms with Gasteiger partial charge in [-0.15, -0.1) is 0 Å². The van der Waals surface area contributed by atoms with Gasteiger partial charge in [0.15, 0.2) is 0 Å². The minimum Gasteiger partial charge on any atom is -0.481 e. The summed E-state index contributed by atoms with van der Waals surface area (Å²) in [4.78, 5) is 4.20. The van der Waals surface area contributed by atoms with Gasteiger partial charge in [-0.05, 0) is 0 Å². The third-order valence-corrected chi connectivity index (χ3v) is 3.06. The summed E-state index contributed by atoms with van der Waals surface area (Å²) in [7, 11) is 5.36. The second kappa shape index (κ2) is 5.41. The molecule has 0 aliphatic heterocycles. The molecule has 0 aromatic carbocycles. The zero-order valence-corrected chi connectivity index (χ0v) is 11.4. The minimum atomic E-state index is 0.631. The molecule has 0 fully saturated rings. The Morgan fingerprint density at radius 2 is 2.17 bits per heavy atom. The van der Waals surface area contributed by atoms with Crippen LogP contribution in [0.25, 0.3) is 0 Å². The fourth-order valence-corrected chi connectivity index (χ4v) is 1.82. The number of nitrogens with one attached hydrogen (secondary N) is 1. The summed E-state index contributed by atoms with van der Waals surface area (Å²) in [6.45, 7) is 1.30. The molecule has 0 aliphatic carbocycles. The van der Waals surface area contributed by atoms with E-state index in [0.717, 1.165) is 17.4 Å². The van der Waals surface area contributed by atoms with Crippen LogP contribution in [-0.4, -0.2) is 26.4 Å². The van der Waals surface area contributed by atoms with Crippen molar-refractivity contribution in [1.82, 2.24) is 24.6 Å². The van der Waals surface area contributed by atoms with E-state index in [1.54, 1.807) is 18.0 Å². The van der Waals surface area contributed by atoms with Gasteiger partial charge < -0.3 is 14.6 Å². The summed E-state index contributed by atoms with van der Waals surface area (Å²) < 4.78 is 8.70. The summed E-state index contributed by atoms with van der Waals surface area (Å²) in [5, 5.41) is 8.21. The summed E-state index contributed by atoms with van der Waals surface area (Å²) in [6, 6.07) is 1.90. The van der Waals surface area contributed by atoms with Gasteiger partial charge in [-0.2, -0.15) is 5.10 Å². The van der Waals surface area contributed by atoms with Crippen molar-refractivity contribution >= 4 is 11.6 Å². The first kappa shape index (κ1) is 12.9. The van der Waals surface area contributed by atoms with Gasteiger partial charge in [-0.25, -0.2) is 9.67 Å². The lowest BCUT2D eigenvalue weighted by Crippen LogP contribution is -2.16. The second-order valence-electron chi connectivity index (χ2n) is 3.96. The molecule has 2 heterocycles. The van der Waals surface area contributed by atoms with Gasteiger partial charge in [0.05, 0.1) is 25.5 Å². The number of methoxy groups -OCH3 is 1. The van der Waals surface area contributed by atoms with Crippen molar-refractivity contribution in [2.75, 3.05) is 7.11 Å². The van der Waals surface area contributed by atoms with Crippen molar-refractivity contribution in [2.24, 2.45) is 14.1 Å². The van der Waals surface area contributed by atoms with Gasteiger partial charge in [-0.1, -0.05) is 11.6 Å². The lowest BCUT2D eigenvalue weighted by atomic mass is 10.4. The van der Waals surface area contributed by atoms with Crippen molar-refractivity contribution < 1.29 is 4.74 Å². The van der Waals surface area contributed by atoms with Crippen LogP contribution in [0.15, 0.2) is 12.3 Å². The summed E-state index contributed by atoms with van der Waals surface area (Å²) in [5.41, 5.74) is 0.926. The van der Waals surface area contributed by atoms with Gasteiger partial charge in [0.1, 0.15) is 11.0 Å². The average Bonchev–Trinajstić information content (AvgIpc) is 2.86. The number of nitrogens with zero attached hydrogens (tertiary/aromatic N) is 4. The maximum atomic E-state index is 5.91. The fourth-order valence-electron chi connectivity index (χ4n) is 1.68. The Bertz CT molecular complexity index is 534. The fraction of sp³-hybridized carbons (Fsp3) is 0.455. The highest BCUT2D eigenvalue weighted by atomic mass is 35.5. The monoisotopic (exact) mass is 269 g/mol. The van der Waals surface area contributed by atoms with Crippen LogP contribution in [0.2, 0.25) is 5.15 Å². The van der Waals surface area contributed by atoms with E-state index in [1.807, 2.05) is 24.7 Å². The first-order valence-corrected chi connectivity index (χ1v) is 5.93. The molecule has 0 spiro atoms. The summed E-state index contributed by atoms with van der Waals surface area (Å²) >= 11 is 5.91. The van der Waals surface area contributed by atoms with E-state index >= 15 is 0 Å². The predicted octanol–water partition coefficient (Wildman–Crippen LogP) is 1.11. The van der Waals surface area contributed by atoms with Crippen molar-refractivity contribution in [1.29, 1.82) is 0 Å². The molecule has 0 aliphatic rings. The average molecular weight is 270 g/mol. The molecule has 18 heavy (non-hydrogen) atoms. The Labute approximate surface area is 111 Å². The highest BCUT2D eigenvalue weighted by Crippen LogP contribution is 2.11. The van der Waals surface area contributed by atoms with E-state index in [4.69, 9.17) is 16.3 Å².